The van der Waals surface area contributed by atoms with Gasteiger partial charge in [0.05, 0.1) is 16.6 Å². The number of ether oxygens (including phenoxy) is 1. The van der Waals surface area contributed by atoms with Gasteiger partial charge in [0.2, 0.25) is 0 Å². The topological polar surface area (TPSA) is 99.7 Å². The number of nitro benzene ring substituents is 1. The zero-order valence-electron chi connectivity index (χ0n) is 14.6. The summed E-state index contributed by atoms with van der Waals surface area (Å²) in [5.74, 6) is 0.382. The largest absolute Gasteiger partial charge is 0.484 e. The average molecular weight is 366 g/mol. The molecule has 8 nitrogen and oxygen atoms in total. The summed E-state index contributed by atoms with van der Waals surface area (Å²) in [5.41, 5.74) is 1.44. The van der Waals surface area contributed by atoms with Crippen LogP contribution in [0.5, 0.6) is 5.75 Å². The minimum Gasteiger partial charge on any atom is -0.484 e. The molecule has 0 N–H and O–H groups in total. The van der Waals surface area contributed by atoms with Gasteiger partial charge in [0, 0.05) is 44.0 Å². The van der Waals surface area contributed by atoms with Crippen LogP contribution in [0.2, 0.25) is 0 Å². The number of non-ortho nitro benzene ring substituents is 1. The summed E-state index contributed by atoms with van der Waals surface area (Å²) in [6.45, 7) is 2.32. The van der Waals surface area contributed by atoms with E-state index in [2.05, 4.69) is 4.90 Å². The highest BCUT2D eigenvalue weighted by Crippen LogP contribution is 2.21. The Kier molecular flexibility index (Phi) is 5.52. The van der Waals surface area contributed by atoms with Crippen LogP contribution in [0.25, 0.3) is 0 Å². The Hall–Kier alpha value is -3.60. The predicted octanol–water partition coefficient (Wildman–Crippen LogP) is 2.19. The second-order valence-corrected chi connectivity index (χ2v) is 6.07. The number of benzene rings is 2. The lowest BCUT2D eigenvalue weighted by Gasteiger charge is -2.36. The number of nitro groups is 1. The summed E-state index contributed by atoms with van der Waals surface area (Å²) in [6, 6.07) is 15.1. The summed E-state index contributed by atoms with van der Waals surface area (Å²) in [5, 5.41) is 19.6. The molecule has 0 saturated carbocycles. The van der Waals surface area contributed by atoms with Crippen molar-refractivity contribution in [2.24, 2.45) is 0 Å². The molecule has 8 heteroatoms. The number of hydrogen-bond donors (Lipinski definition) is 0. The smallest absolute Gasteiger partial charge is 0.269 e. The minimum absolute atomic E-state index is 0.0604. The van der Waals surface area contributed by atoms with E-state index in [4.69, 9.17) is 10.00 Å². The molecule has 2 aromatic rings. The van der Waals surface area contributed by atoms with Gasteiger partial charge in [-0.3, -0.25) is 14.9 Å². The number of carbonyl (C=O) groups excluding carboxylic acids is 1. The third-order valence-electron chi connectivity index (χ3n) is 4.38. The second kappa shape index (κ2) is 8.19. The van der Waals surface area contributed by atoms with Gasteiger partial charge in [-0.1, -0.05) is 6.07 Å². The molecule has 27 heavy (non-hydrogen) atoms. The fourth-order valence-corrected chi connectivity index (χ4v) is 2.89. The van der Waals surface area contributed by atoms with Crippen molar-refractivity contribution in [2.75, 3.05) is 37.7 Å². The number of carbonyl (C=O) groups is 1. The van der Waals surface area contributed by atoms with Gasteiger partial charge in [-0.05, 0) is 30.3 Å². The Morgan fingerprint density at radius 3 is 2.48 bits per heavy atom. The predicted molar refractivity (Wildman–Crippen MR) is 98.5 cm³/mol. The van der Waals surface area contributed by atoms with Gasteiger partial charge in [-0.25, -0.2) is 0 Å². The Bertz CT molecular complexity index is 868. The maximum Gasteiger partial charge on any atom is 0.269 e. The van der Waals surface area contributed by atoms with Gasteiger partial charge < -0.3 is 14.5 Å². The fourth-order valence-electron chi connectivity index (χ4n) is 2.89. The number of nitriles is 1. The van der Waals surface area contributed by atoms with Crippen LogP contribution in [0, 0.1) is 21.4 Å². The highest BCUT2D eigenvalue weighted by molar-refractivity contribution is 5.78. The van der Waals surface area contributed by atoms with E-state index in [9.17, 15) is 14.9 Å². The first-order chi connectivity index (χ1) is 13.1. The zero-order valence-corrected chi connectivity index (χ0v) is 14.6. The second-order valence-electron chi connectivity index (χ2n) is 6.07. The molecule has 0 aromatic heterocycles. The molecule has 0 atom stereocenters. The van der Waals surface area contributed by atoms with Gasteiger partial charge in [-0.2, -0.15) is 5.26 Å². The first kappa shape index (κ1) is 18.2. The molecule has 3 rings (SSSR count). The van der Waals surface area contributed by atoms with Crippen molar-refractivity contribution in [1.82, 2.24) is 4.90 Å². The maximum absolute atomic E-state index is 12.3. The SMILES string of the molecule is N#Cc1cccc(OCC(=O)N2CCN(c3ccc([N+](=O)[O-])cc3)CC2)c1. The first-order valence-electron chi connectivity index (χ1n) is 8.47. The normalized spacial score (nSPS) is 13.7. The minimum atomic E-state index is -0.424. The summed E-state index contributed by atoms with van der Waals surface area (Å²) in [7, 11) is 0. The first-order valence-corrected chi connectivity index (χ1v) is 8.47. The molecule has 138 valence electrons. The Balaban J connectivity index is 1.50. The molecular formula is C19H18N4O4. The molecule has 2 aromatic carbocycles. The summed E-state index contributed by atoms with van der Waals surface area (Å²) >= 11 is 0. The lowest BCUT2D eigenvalue weighted by atomic mass is 10.2. The highest BCUT2D eigenvalue weighted by Gasteiger charge is 2.22. The monoisotopic (exact) mass is 366 g/mol. The van der Waals surface area contributed by atoms with E-state index in [1.54, 1.807) is 41.3 Å². The van der Waals surface area contributed by atoms with E-state index in [1.165, 1.54) is 12.1 Å². The van der Waals surface area contributed by atoms with Crippen molar-refractivity contribution in [3.63, 3.8) is 0 Å². The maximum atomic E-state index is 12.3. The van der Waals surface area contributed by atoms with Crippen molar-refractivity contribution in [2.45, 2.75) is 0 Å². The molecule has 1 saturated heterocycles. The van der Waals surface area contributed by atoms with Crippen molar-refractivity contribution in [3.05, 3.63) is 64.2 Å². The standard InChI is InChI=1S/C19H18N4O4/c20-13-15-2-1-3-18(12-15)27-14-19(24)22-10-8-21(9-11-22)16-4-6-17(7-5-16)23(25)26/h1-7,12H,8-11,14H2. The zero-order chi connectivity index (χ0) is 19.2. The lowest BCUT2D eigenvalue weighted by molar-refractivity contribution is -0.384. The molecule has 0 aliphatic carbocycles. The molecule has 1 aliphatic rings. The van der Waals surface area contributed by atoms with E-state index in [-0.39, 0.29) is 18.2 Å². The van der Waals surface area contributed by atoms with Crippen LogP contribution in [0.4, 0.5) is 11.4 Å². The third-order valence-corrected chi connectivity index (χ3v) is 4.38. The number of piperazine rings is 1. The molecule has 0 spiro atoms. The number of hydrogen-bond acceptors (Lipinski definition) is 6. The van der Waals surface area contributed by atoms with Crippen LogP contribution < -0.4 is 9.64 Å². The quantitative estimate of drug-likeness (QED) is 0.594. The van der Waals surface area contributed by atoms with E-state index in [1.807, 2.05) is 6.07 Å². The fraction of sp³-hybridized carbons (Fsp3) is 0.263. The van der Waals surface area contributed by atoms with Crippen LogP contribution in [0.1, 0.15) is 5.56 Å². The molecule has 0 unspecified atom stereocenters. The lowest BCUT2D eigenvalue weighted by Crippen LogP contribution is -2.50. The highest BCUT2D eigenvalue weighted by atomic mass is 16.6. The molecular weight excluding hydrogens is 348 g/mol. The van der Waals surface area contributed by atoms with E-state index < -0.39 is 4.92 Å². The van der Waals surface area contributed by atoms with Crippen LogP contribution in [-0.2, 0) is 4.79 Å². The van der Waals surface area contributed by atoms with Crippen LogP contribution >= 0.6 is 0 Å². The molecule has 0 bridgehead atoms. The molecule has 1 amide bonds. The number of nitrogens with zero attached hydrogens (tertiary/aromatic N) is 4. The van der Waals surface area contributed by atoms with Crippen LogP contribution in [-0.4, -0.2) is 48.5 Å². The van der Waals surface area contributed by atoms with Crippen molar-refractivity contribution in [3.8, 4) is 11.8 Å². The van der Waals surface area contributed by atoms with Crippen LogP contribution in [0.3, 0.4) is 0 Å². The molecule has 1 aliphatic heterocycles. The van der Waals surface area contributed by atoms with E-state index in [0.29, 0.717) is 37.5 Å². The third kappa shape index (κ3) is 4.52. The average Bonchev–Trinajstić information content (AvgIpc) is 2.72. The van der Waals surface area contributed by atoms with Gasteiger partial charge in [-0.15, -0.1) is 0 Å². The molecule has 0 radical (unpaired) electrons. The Morgan fingerprint density at radius 1 is 1.15 bits per heavy atom. The number of anilines is 1. The molecule has 1 heterocycles. The summed E-state index contributed by atoms with van der Waals surface area (Å²) < 4.78 is 5.49. The van der Waals surface area contributed by atoms with Crippen molar-refractivity contribution >= 4 is 17.3 Å². The Labute approximate surface area is 156 Å². The summed E-state index contributed by atoms with van der Waals surface area (Å²) in [6.07, 6.45) is 0. The van der Waals surface area contributed by atoms with Gasteiger partial charge in [0.1, 0.15) is 5.75 Å². The number of amides is 1. The van der Waals surface area contributed by atoms with Gasteiger partial charge in [0.25, 0.3) is 11.6 Å². The van der Waals surface area contributed by atoms with E-state index >= 15 is 0 Å². The molecule has 1 fully saturated rings. The van der Waals surface area contributed by atoms with Crippen LogP contribution in [0.15, 0.2) is 48.5 Å². The van der Waals surface area contributed by atoms with Crippen molar-refractivity contribution < 1.29 is 14.5 Å². The van der Waals surface area contributed by atoms with E-state index in [0.717, 1.165) is 5.69 Å². The summed E-state index contributed by atoms with van der Waals surface area (Å²) in [4.78, 5) is 26.5. The number of rotatable bonds is 5. The Morgan fingerprint density at radius 2 is 1.85 bits per heavy atom. The van der Waals surface area contributed by atoms with Crippen molar-refractivity contribution in [1.29, 1.82) is 5.26 Å². The van der Waals surface area contributed by atoms with Gasteiger partial charge >= 0.3 is 0 Å². The van der Waals surface area contributed by atoms with Gasteiger partial charge in [0.15, 0.2) is 6.61 Å².